The zero-order valence-corrected chi connectivity index (χ0v) is 19.1. The lowest BCUT2D eigenvalue weighted by Gasteiger charge is -2.26. The molecular formula is C23H29F3N6O2. The first kappa shape index (κ1) is 24.1. The van der Waals surface area contributed by atoms with Crippen LogP contribution < -0.4 is 20.7 Å². The number of benzene rings is 1. The predicted molar refractivity (Wildman–Crippen MR) is 122 cm³/mol. The number of likely N-dealkylation sites (tertiary alicyclic amines) is 1. The van der Waals surface area contributed by atoms with E-state index in [0.717, 1.165) is 49.7 Å². The number of ether oxygens (including phenoxy) is 1. The van der Waals surface area contributed by atoms with Crippen molar-refractivity contribution in [1.29, 1.82) is 0 Å². The van der Waals surface area contributed by atoms with Gasteiger partial charge in [0.05, 0.1) is 12.8 Å². The summed E-state index contributed by atoms with van der Waals surface area (Å²) in [5.41, 5.74) is 1.92. The van der Waals surface area contributed by atoms with Crippen LogP contribution in [0.15, 0.2) is 18.3 Å². The number of carbonyl (C=O) groups excluding carboxylic acids is 1. The van der Waals surface area contributed by atoms with Gasteiger partial charge >= 0.3 is 6.18 Å². The van der Waals surface area contributed by atoms with Crippen LogP contribution in [0.3, 0.4) is 0 Å². The Morgan fingerprint density at radius 3 is 2.82 bits per heavy atom. The monoisotopic (exact) mass is 478 g/mol. The van der Waals surface area contributed by atoms with Crippen molar-refractivity contribution in [1.82, 2.24) is 20.2 Å². The van der Waals surface area contributed by atoms with E-state index in [-0.39, 0.29) is 24.2 Å². The molecule has 1 saturated heterocycles. The maximum Gasteiger partial charge on any atom is 0.421 e. The second-order valence-corrected chi connectivity index (χ2v) is 8.44. The first-order valence-electron chi connectivity index (χ1n) is 11.5. The Balaban J connectivity index is 1.48. The van der Waals surface area contributed by atoms with Gasteiger partial charge in [0.25, 0.3) is 0 Å². The minimum atomic E-state index is -4.60. The highest BCUT2D eigenvalue weighted by atomic mass is 19.4. The number of anilines is 3. The lowest BCUT2D eigenvalue weighted by molar-refractivity contribution is -0.137. The van der Waals surface area contributed by atoms with Gasteiger partial charge in [-0.1, -0.05) is 0 Å². The molecule has 0 radical (unpaired) electrons. The summed E-state index contributed by atoms with van der Waals surface area (Å²) in [5.74, 6) is 0.405. The first-order valence-corrected chi connectivity index (χ1v) is 11.5. The summed E-state index contributed by atoms with van der Waals surface area (Å²) in [7, 11) is 1.54. The fourth-order valence-corrected chi connectivity index (χ4v) is 4.26. The van der Waals surface area contributed by atoms with Gasteiger partial charge in [-0.2, -0.15) is 18.2 Å². The lowest BCUT2D eigenvalue weighted by Crippen LogP contribution is -2.36. The molecule has 0 aliphatic carbocycles. The van der Waals surface area contributed by atoms with E-state index in [1.807, 2.05) is 12.1 Å². The van der Waals surface area contributed by atoms with Crippen molar-refractivity contribution in [2.24, 2.45) is 0 Å². The Morgan fingerprint density at radius 2 is 2.06 bits per heavy atom. The number of halogens is 3. The molecule has 0 spiro atoms. The van der Waals surface area contributed by atoms with Crippen LogP contribution in [0.4, 0.5) is 30.6 Å². The summed E-state index contributed by atoms with van der Waals surface area (Å²) < 4.78 is 46.1. The van der Waals surface area contributed by atoms with Crippen LogP contribution >= 0.6 is 0 Å². The van der Waals surface area contributed by atoms with Crippen LogP contribution in [-0.2, 0) is 23.9 Å². The van der Waals surface area contributed by atoms with Crippen LogP contribution in [0, 0.1) is 0 Å². The number of fused-ring (bicyclic) bond motifs is 1. The average molecular weight is 479 g/mol. The zero-order valence-electron chi connectivity index (χ0n) is 19.1. The molecule has 11 heteroatoms. The molecule has 8 nitrogen and oxygen atoms in total. The number of piperidine rings is 1. The minimum absolute atomic E-state index is 0.0360. The van der Waals surface area contributed by atoms with Gasteiger partial charge in [-0.15, -0.1) is 0 Å². The second kappa shape index (κ2) is 10.5. The third-order valence-corrected chi connectivity index (χ3v) is 6.07. The number of aromatic nitrogens is 2. The highest BCUT2D eigenvalue weighted by Crippen LogP contribution is 2.35. The normalized spacial score (nSPS) is 16.2. The summed E-state index contributed by atoms with van der Waals surface area (Å²) in [6.07, 6.45) is -0.0705. The van der Waals surface area contributed by atoms with E-state index in [1.54, 1.807) is 4.90 Å². The molecule has 0 atom stereocenters. The van der Waals surface area contributed by atoms with Crippen molar-refractivity contribution in [3.8, 4) is 5.75 Å². The standard InChI is InChI=1S/C23H29F3N6O2/c1-34-19-12-16-13-27-8-6-15(16)11-18(19)30-22-29-14-17(23(24,25)26)21(31-22)28-7-4-10-32-9-3-2-5-20(32)33/h11-12,14,27H,2-10,13H2,1H3,(H2,28,29,30,31). The number of rotatable bonds is 8. The fourth-order valence-electron chi connectivity index (χ4n) is 4.26. The van der Waals surface area contributed by atoms with Gasteiger partial charge in [-0.05, 0) is 55.5 Å². The quantitative estimate of drug-likeness (QED) is 0.499. The summed E-state index contributed by atoms with van der Waals surface area (Å²) >= 11 is 0. The molecule has 1 aromatic carbocycles. The molecule has 0 unspecified atom stereocenters. The van der Waals surface area contributed by atoms with Crippen molar-refractivity contribution in [3.63, 3.8) is 0 Å². The molecule has 184 valence electrons. The van der Waals surface area contributed by atoms with Crippen molar-refractivity contribution >= 4 is 23.4 Å². The third-order valence-electron chi connectivity index (χ3n) is 6.07. The van der Waals surface area contributed by atoms with Crippen LogP contribution in [-0.4, -0.2) is 54.1 Å². The SMILES string of the molecule is COc1cc2c(cc1Nc1ncc(C(F)(F)F)c(NCCCN3CCCCC3=O)n1)CCNC2. The molecule has 34 heavy (non-hydrogen) atoms. The number of hydrogen-bond donors (Lipinski definition) is 3. The number of amides is 1. The highest BCUT2D eigenvalue weighted by Gasteiger charge is 2.35. The van der Waals surface area contributed by atoms with Crippen LogP contribution in [0.5, 0.6) is 5.75 Å². The van der Waals surface area contributed by atoms with Crippen LogP contribution in [0.2, 0.25) is 0 Å². The lowest BCUT2D eigenvalue weighted by atomic mass is 10.00. The maximum atomic E-state index is 13.5. The Labute approximate surface area is 196 Å². The molecule has 0 bridgehead atoms. The number of hydrogen-bond acceptors (Lipinski definition) is 7. The molecule has 1 amide bonds. The van der Waals surface area contributed by atoms with E-state index in [9.17, 15) is 18.0 Å². The Hall–Kier alpha value is -3.08. The molecule has 3 heterocycles. The zero-order chi connectivity index (χ0) is 24.1. The number of alkyl halides is 3. The summed E-state index contributed by atoms with van der Waals surface area (Å²) in [6.45, 7) is 3.04. The number of nitrogens with zero attached hydrogens (tertiary/aromatic N) is 3. The van der Waals surface area contributed by atoms with Crippen LogP contribution in [0.25, 0.3) is 0 Å². The van der Waals surface area contributed by atoms with Gasteiger partial charge in [0.15, 0.2) is 0 Å². The first-order chi connectivity index (χ1) is 16.3. The minimum Gasteiger partial charge on any atom is -0.495 e. The van der Waals surface area contributed by atoms with E-state index in [4.69, 9.17) is 4.74 Å². The molecule has 4 rings (SSSR count). The van der Waals surface area contributed by atoms with Crippen molar-refractivity contribution < 1.29 is 22.7 Å². The van der Waals surface area contributed by atoms with Crippen molar-refractivity contribution in [2.45, 2.75) is 44.8 Å². The third kappa shape index (κ3) is 5.69. The highest BCUT2D eigenvalue weighted by molar-refractivity contribution is 5.76. The van der Waals surface area contributed by atoms with Gasteiger partial charge in [0.1, 0.15) is 17.1 Å². The van der Waals surface area contributed by atoms with E-state index >= 15 is 0 Å². The van der Waals surface area contributed by atoms with E-state index in [1.165, 1.54) is 7.11 Å². The number of nitrogens with one attached hydrogen (secondary N) is 3. The van der Waals surface area contributed by atoms with Gasteiger partial charge in [-0.3, -0.25) is 4.79 Å². The van der Waals surface area contributed by atoms with E-state index in [0.29, 0.717) is 37.4 Å². The summed E-state index contributed by atoms with van der Waals surface area (Å²) in [4.78, 5) is 21.7. The molecule has 1 aromatic heterocycles. The molecule has 2 aromatic rings. The maximum absolute atomic E-state index is 13.5. The fraction of sp³-hybridized carbons (Fsp3) is 0.522. The van der Waals surface area contributed by atoms with E-state index < -0.39 is 11.7 Å². The van der Waals surface area contributed by atoms with E-state index in [2.05, 4.69) is 25.9 Å². The Morgan fingerprint density at radius 1 is 1.21 bits per heavy atom. The van der Waals surface area contributed by atoms with Gasteiger partial charge < -0.3 is 25.6 Å². The number of methoxy groups -OCH3 is 1. The van der Waals surface area contributed by atoms with Gasteiger partial charge in [0.2, 0.25) is 11.9 Å². The van der Waals surface area contributed by atoms with Gasteiger partial charge in [0, 0.05) is 38.8 Å². The Bertz CT molecular complexity index is 1030. The topological polar surface area (TPSA) is 91.4 Å². The molecule has 0 saturated carbocycles. The number of carbonyl (C=O) groups is 1. The summed E-state index contributed by atoms with van der Waals surface area (Å²) in [5, 5.41) is 9.10. The Kier molecular flexibility index (Phi) is 7.40. The summed E-state index contributed by atoms with van der Waals surface area (Å²) in [6, 6.07) is 3.84. The van der Waals surface area contributed by atoms with Crippen molar-refractivity contribution in [3.05, 3.63) is 35.0 Å². The average Bonchev–Trinajstić information content (AvgIpc) is 2.82. The predicted octanol–water partition coefficient (Wildman–Crippen LogP) is 3.71. The molecule has 1 fully saturated rings. The smallest absolute Gasteiger partial charge is 0.421 e. The second-order valence-electron chi connectivity index (χ2n) is 8.44. The van der Waals surface area contributed by atoms with Crippen molar-refractivity contribution in [2.75, 3.05) is 43.9 Å². The largest absolute Gasteiger partial charge is 0.495 e. The molecule has 2 aliphatic heterocycles. The van der Waals surface area contributed by atoms with Gasteiger partial charge in [-0.25, -0.2) is 4.98 Å². The van der Waals surface area contributed by atoms with Crippen LogP contribution in [0.1, 0.15) is 42.4 Å². The molecule has 2 aliphatic rings. The molecule has 3 N–H and O–H groups in total. The molecular weight excluding hydrogens is 449 g/mol.